The van der Waals surface area contributed by atoms with E-state index in [4.69, 9.17) is 10.7 Å². The van der Waals surface area contributed by atoms with Crippen molar-refractivity contribution in [2.24, 2.45) is 0 Å². The number of nitrogen functional groups attached to an aromatic ring is 1. The van der Waals surface area contributed by atoms with Gasteiger partial charge in [-0.15, -0.1) is 0 Å². The molecule has 108 valence electrons. The number of hydrogen-bond acceptors (Lipinski definition) is 2. The van der Waals surface area contributed by atoms with Gasteiger partial charge in [-0.05, 0) is 12.0 Å². The second-order valence-corrected chi connectivity index (χ2v) is 6.33. The minimum Gasteiger partial charge on any atom is -0.384 e. The van der Waals surface area contributed by atoms with Crippen LogP contribution in [0.1, 0.15) is 51.2 Å². The van der Waals surface area contributed by atoms with Crippen molar-refractivity contribution in [3.8, 4) is 0 Å². The Labute approximate surface area is 121 Å². The van der Waals surface area contributed by atoms with Gasteiger partial charge in [0.15, 0.2) is 0 Å². The molecule has 0 fully saturated rings. The van der Waals surface area contributed by atoms with Crippen molar-refractivity contribution in [3.05, 3.63) is 47.4 Å². The van der Waals surface area contributed by atoms with E-state index in [-0.39, 0.29) is 5.41 Å². The van der Waals surface area contributed by atoms with Gasteiger partial charge in [0.05, 0.1) is 12.2 Å². The van der Waals surface area contributed by atoms with Crippen molar-refractivity contribution in [1.82, 2.24) is 9.55 Å². The first-order valence-electron chi connectivity index (χ1n) is 7.32. The van der Waals surface area contributed by atoms with E-state index in [2.05, 4.69) is 56.5 Å². The van der Waals surface area contributed by atoms with Crippen molar-refractivity contribution >= 4 is 5.82 Å². The lowest BCUT2D eigenvalue weighted by Gasteiger charge is -2.16. The van der Waals surface area contributed by atoms with Crippen LogP contribution in [-0.4, -0.2) is 9.55 Å². The highest BCUT2D eigenvalue weighted by atomic mass is 15.1. The summed E-state index contributed by atoms with van der Waals surface area (Å²) in [5.74, 6) is 1.91. The Kier molecular flexibility index (Phi) is 4.17. The van der Waals surface area contributed by atoms with Gasteiger partial charge in [0.2, 0.25) is 0 Å². The fourth-order valence-corrected chi connectivity index (χ4v) is 2.42. The van der Waals surface area contributed by atoms with Crippen LogP contribution in [0.2, 0.25) is 0 Å². The predicted octanol–water partition coefficient (Wildman–Crippen LogP) is 3.76. The number of nitrogens with zero attached hydrogens (tertiary/aromatic N) is 2. The first kappa shape index (κ1) is 14.6. The number of rotatable bonds is 4. The fourth-order valence-electron chi connectivity index (χ4n) is 2.42. The van der Waals surface area contributed by atoms with E-state index in [0.717, 1.165) is 36.7 Å². The largest absolute Gasteiger partial charge is 0.384 e. The summed E-state index contributed by atoms with van der Waals surface area (Å²) in [5.41, 5.74) is 8.62. The van der Waals surface area contributed by atoms with E-state index in [1.54, 1.807) is 0 Å². The van der Waals surface area contributed by atoms with Gasteiger partial charge < -0.3 is 10.3 Å². The normalized spacial score (nSPS) is 11.8. The Morgan fingerprint density at radius 1 is 1.15 bits per heavy atom. The van der Waals surface area contributed by atoms with Crippen LogP contribution in [-0.2, 0) is 18.4 Å². The zero-order valence-electron chi connectivity index (χ0n) is 13.0. The SMILES string of the molecule is CCCc1nc(C(C)(C)C)c(N)n1Cc1ccccc1. The molecule has 0 amide bonds. The summed E-state index contributed by atoms with van der Waals surface area (Å²) in [7, 11) is 0. The van der Waals surface area contributed by atoms with Crippen LogP contribution in [0.4, 0.5) is 5.82 Å². The third-order valence-corrected chi connectivity index (χ3v) is 3.45. The summed E-state index contributed by atoms with van der Waals surface area (Å²) < 4.78 is 2.17. The second kappa shape index (κ2) is 5.70. The summed E-state index contributed by atoms with van der Waals surface area (Å²) in [4.78, 5) is 4.80. The summed E-state index contributed by atoms with van der Waals surface area (Å²) in [6.07, 6.45) is 2.04. The number of benzene rings is 1. The smallest absolute Gasteiger partial charge is 0.127 e. The molecule has 20 heavy (non-hydrogen) atoms. The lowest BCUT2D eigenvalue weighted by Crippen LogP contribution is -2.15. The number of aromatic nitrogens is 2. The molecule has 0 radical (unpaired) electrons. The van der Waals surface area contributed by atoms with Gasteiger partial charge in [-0.1, -0.05) is 58.0 Å². The van der Waals surface area contributed by atoms with Gasteiger partial charge >= 0.3 is 0 Å². The monoisotopic (exact) mass is 271 g/mol. The van der Waals surface area contributed by atoms with Crippen molar-refractivity contribution in [2.75, 3.05) is 5.73 Å². The standard InChI is InChI=1S/C17H25N3/c1-5-9-14-19-15(17(2,3)4)16(18)20(14)12-13-10-7-6-8-11-13/h6-8,10-11H,5,9,12,18H2,1-4H3. The summed E-state index contributed by atoms with van der Waals surface area (Å²) in [5, 5.41) is 0. The van der Waals surface area contributed by atoms with Gasteiger partial charge in [-0.3, -0.25) is 0 Å². The fraction of sp³-hybridized carbons (Fsp3) is 0.471. The molecule has 0 aliphatic rings. The Morgan fingerprint density at radius 2 is 1.80 bits per heavy atom. The van der Waals surface area contributed by atoms with E-state index >= 15 is 0 Å². The first-order valence-corrected chi connectivity index (χ1v) is 7.32. The van der Waals surface area contributed by atoms with Crippen LogP contribution in [0.3, 0.4) is 0 Å². The minimum absolute atomic E-state index is 0.0193. The maximum Gasteiger partial charge on any atom is 0.127 e. The van der Waals surface area contributed by atoms with E-state index in [0.29, 0.717) is 0 Å². The molecule has 0 unspecified atom stereocenters. The van der Waals surface area contributed by atoms with Gasteiger partial charge in [0, 0.05) is 11.8 Å². The quantitative estimate of drug-likeness (QED) is 0.920. The van der Waals surface area contributed by atoms with Gasteiger partial charge in [0.25, 0.3) is 0 Å². The highest BCUT2D eigenvalue weighted by Crippen LogP contribution is 2.29. The number of imidazole rings is 1. The van der Waals surface area contributed by atoms with Gasteiger partial charge in [0.1, 0.15) is 11.6 Å². The van der Waals surface area contributed by atoms with Crippen molar-refractivity contribution in [2.45, 2.75) is 52.5 Å². The van der Waals surface area contributed by atoms with E-state index in [1.165, 1.54) is 5.56 Å². The van der Waals surface area contributed by atoms with E-state index in [1.807, 2.05) is 6.07 Å². The average Bonchev–Trinajstić information content (AvgIpc) is 2.69. The molecule has 3 heteroatoms. The summed E-state index contributed by atoms with van der Waals surface area (Å²) in [6.45, 7) is 9.45. The lowest BCUT2D eigenvalue weighted by molar-refractivity contribution is 0.572. The molecule has 0 aliphatic carbocycles. The number of nitrogens with two attached hydrogens (primary N) is 1. The molecule has 0 saturated carbocycles. The van der Waals surface area contributed by atoms with Crippen LogP contribution in [0, 0.1) is 0 Å². The predicted molar refractivity (Wildman–Crippen MR) is 84.9 cm³/mol. The highest BCUT2D eigenvalue weighted by molar-refractivity contribution is 5.43. The van der Waals surface area contributed by atoms with Gasteiger partial charge in [-0.2, -0.15) is 0 Å². The minimum atomic E-state index is -0.0193. The zero-order valence-corrected chi connectivity index (χ0v) is 13.0. The molecule has 0 saturated heterocycles. The summed E-state index contributed by atoms with van der Waals surface area (Å²) >= 11 is 0. The van der Waals surface area contributed by atoms with Crippen LogP contribution in [0.25, 0.3) is 0 Å². The summed E-state index contributed by atoms with van der Waals surface area (Å²) in [6, 6.07) is 10.4. The highest BCUT2D eigenvalue weighted by Gasteiger charge is 2.24. The molecule has 3 nitrogen and oxygen atoms in total. The number of aryl methyl sites for hydroxylation is 1. The zero-order chi connectivity index (χ0) is 14.8. The lowest BCUT2D eigenvalue weighted by atomic mass is 9.92. The third-order valence-electron chi connectivity index (χ3n) is 3.45. The van der Waals surface area contributed by atoms with Crippen molar-refractivity contribution in [1.29, 1.82) is 0 Å². The Morgan fingerprint density at radius 3 is 2.35 bits per heavy atom. The first-order chi connectivity index (χ1) is 9.43. The molecule has 0 spiro atoms. The molecule has 2 N–H and O–H groups in total. The van der Waals surface area contributed by atoms with Crippen molar-refractivity contribution in [3.63, 3.8) is 0 Å². The molecule has 2 rings (SSSR count). The molecule has 1 aromatic carbocycles. The van der Waals surface area contributed by atoms with Crippen LogP contribution >= 0.6 is 0 Å². The average molecular weight is 271 g/mol. The van der Waals surface area contributed by atoms with E-state index in [9.17, 15) is 0 Å². The van der Waals surface area contributed by atoms with E-state index < -0.39 is 0 Å². The van der Waals surface area contributed by atoms with Crippen LogP contribution in [0.5, 0.6) is 0 Å². The molecule has 0 aliphatic heterocycles. The Hall–Kier alpha value is -1.77. The van der Waals surface area contributed by atoms with Crippen LogP contribution < -0.4 is 5.73 Å². The topological polar surface area (TPSA) is 43.8 Å². The molecule has 2 aromatic rings. The van der Waals surface area contributed by atoms with Gasteiger partial charge in [-0.25, -0.2) is 4.98 Å². The number of anilines is 1. The molecular formula is C17H25N3. The molecular weight excluding hydrogens is 246 g/mol. The number of hydrogen-bond donors (Lipinski definition) is 1. The second-order valence-electron chi connectivity index (χ2n) is 6.33. The van der Waals surface area contributed by atoms with Crippen molar-refractivity contribution < 1.29 is 0 Å². The maximum atomic E-state index is 6.37. The van der Waals surface area contributed by atoms with Crippen LogP contribution in [0.15, 0.2) is 30.3 Å². The molecule has 0 bridgehead atoms. The third kappa shape index (κ3) is 3.03. The molecule has 1 aromatic heterocycles. The molecule has 0 atom stereocenters. The molecule has 1 heterocycles. The Balaban J connectivity index is 2.42. The Bertz CT molecular complexity index is 562. The maximum absolute atomic E-state index is 6.37.